The van der Waals surface area contributed by atoms with Crippen LogP contribution in [0.5, 0.6) is 0 Å². The summed E-state index contributed by atoms with van der Waals surface area (Å²) >= 11 is 3.23. The van der Waals surface area contributed by atoms with Gasteiger partial charge < -0.3 is 0 Å². The quantitative estimate of drug-likeness (QED) is 0.553. The number of rotatable bonds is 4. The summed E-state index contributed by atoms with van der Waals surface area (Å²) in [5.74, 6) is -0.156. The number of nitrogens with zero attached hydrogens (tertiary/aromatic N) is 3. The number of imidazole rings is 1. The van der Waals surface area contributed by atoms with Gasteiger partial charge in [-0.05, 0) is 25.0 Å². The highest BCUT2D eigenvalue weighted by Crippen LogP contribution is 2.39. The molecule has 11 heteroatoms. The molecule has 3 aromatic rings. The maximum Gasteiger partial charge on any atom is 0.431 e. The SMILES string of the molecule is CCS(=O)(=O)c1cc(Br)ccc1-c1cn2c(=O)n(C3CC3)c(C(F)(F)F)cc2n1. The highest BCUT2D eigenvalue weighted by Gasteiger charge is 2.40. The van der Waals surface area contributed by atoms with Gasteiger partial charge in [-0.15, -0.1) is 0 Å². The van der Waals surface area contributed by atoms with E-state index in [2.05, 4.69) is 20.9 Å². The van der Waals surface area contributed by atoms with Crippen LogP contribution in [0, 0.1) is 0 Å². The van der Waals surface area contributed by atoms with Crippen LogP contribution in [0.4, 0.5) is 13.2 Å². The molecule has 0 N–H and O–H groups in total. The Kier molecular flexibility index (Phi) is 4.65. The molecule has 0 amide bonds. The van der Waals surface area contributed by atoms with Gasteiger partial charge in [0.25, 0.3) is 0 Å². The van der Waals surface area contributed by atoms with Gasteiger partial charge in [0.05, 0.1) is 16.3 Å². The highest BCUT2D eigenvalue weighted by molar-refractivity contribution is 9.10. The van der Waals surface area contributed by atoms with Crippen molar-refractivity contribution in [2.75, 3.05) is 5.75 Å². The number of halogens is 4. The fourth-order valence-electron chi connectivity index (χ4n) is 3.21. The monoisotopic (exact) mass is 489 g/mol. The molecule has 0 radical (unpaired) electrons. The molecular formula is C18H15BrF3N3O3S. The van der Waals surface area contributed by atoms with Gasteiger partial charge in [0.2, 0.25) is 0 Å². The molecule has 1 fully saturated rings. The van der Waals surface area contributed by atoms with Gasteiger partial charge >= 0.3 is 11.9 Å². The lowest BCUT2D eigenvalue weighted by Crippen LogP contribution is -2.31. The Labute approximate surface area is 172 Å². The zero-order valence-corrected chi connectivity index (χ0v) is 17.5. The Hall–Kier alpha value is -2.14. The van der Waals surface area contributed by atoms with E-state index in [-0.39, 0.29) is 27.6 Å². The van der Waals surface area contributed by atoms with Crippen molar-refractivity contribution in [3.63, 3.8) is 0 Å². The Morgan fingerprint density at radius 3 is 2.52 bits per heavy atom. The van der Waals surface area contributed by atoms with E-state index in [4.69, 9.17) is 0 Å². The number of hydrogen-bond donors (Lipinski definition) is 0. The van der Waals surface area contributed by atoms with Gasteiger partial charge in [0.1, 0.15) is 11.3 Å². The van der Waals surface area contributed by atoms with Crippen LogP contribution >= 0.6 is 15.9 Å². The maximum absolute atomic E-state index is 13.5. The molecule has 0 spiro atoms. The maximum atomic E-state index is 13.5. The summed E-state index contributed by atoms with van der Waals surface area (Å²) in [6, 6.07) is 4.88. The van der Waals surface area contributed by atoms with Crippen LogP contribution in [0.15, 0.2) is 44.6 Å². The van der Waals surface area contributed by atoms with E-state index in [9.17, 15) is 26.4 Å². The van der Waals surface area contributed by atoms with Crippen LogP contribution in [0.2, 0.25) is 0 Å². The smallest absolute Gasteiger partial charge is 0.286 e. The molecule has 1 saturated carbocycles. The second kappa shape index (κ2) is 6.69. The van der Waals surface area contributed by atoms with Gasteiger partial charge in [-0.25, -0.2) is 18.2 Å². The number of aromatic nitrogens is 3. The van der Waals surface area contributed by atoms with Crippen LogP contribution in [0.3, 0.4) is 0 Å². The van der Waals surface area contributed by atoms with Crippen molar-refractivity contribution < 1.29 is 21.6 Å². The number of benzene rings is 1. The normalized spacial score (nSPS) is 15.2. The summed E-state index contributed by atoms with van der Waals surface area (Å²) < 4.78 is 67.8. The summed E-state index contributed by atoms with van der Waals surface area (Å²) in [7, 11) is -3.63. The molecule has 154 valence electrons. The summed E-state index contributed by atoms with van der Waals surface area (Å²) in [5, 5.41) is 0. The summed E-state index contributed by atoms with van der Waals surface area (Å²) in [4.78, 5) is 16.9. The molecule has 29 heavy (non-hydrogen) atoms. The molecule has 0 atom stereocenters. The topological polar surface area (TPSA) is 73.4 Å². The zero-order valence-electron chi connectivity index (χ0n) is 15.1. The predicted molar refractivity (Wildman–Crippen MR) is 104 cm³/mol. The van der Waals surface area contributed by atoms with Crippen molar-refractivity contribution in [2.45, 2.75) is 36.9 Å². The van der Waals surface area contributed by atoms with Crippen LogP contribution < -0.4 is 5.69 Å². The second-order valence-corrected chi connectivity index (χ2v) is 9.97. The van der Waals surface area contributed by atoms with E-state index in [1.165, 1.54) is 25.3 Å². The van der Waals surface area contributed by atoms with Crippen molar-refractivity contribution in [2.24, 2.45) is 0 Å². The number of hydrogen-bond acceptors (Lipinski definition) is 4. The van der Waals surface area contributed by atoms with Crippen molar-refractivity contribution in [1.29, 1.82) is 0 Å². The average Bonchev–Trinajstić information content (AvgIpc) is 3.38. The minimum absolute atomic E-state index is 0.00338. The molecule has 2 aromatic heterocycles. The van der Waals surface area contributed by atoms with Gasteiger partial charge in [0, 0.05) is 28.3 Å². The molecule has 1 aliphatic rings. The molecule has 6 nitrogen and oxygen atoms in total. The predicted octanol–water partition coefficient (Wildman–Crippen LogP) is 4.07. The third kappa shape index (κ3) is 3.50. The van der Waals surface area contributed by atoms with E-state index in [0.717, 1.165) is 15.0 Å². The lowest BCUT2D eigenvalue weighted by molar-refractivity contribution is -0.144. The molecule has 0 bridgehead atoms. The van der Waals surface area contributed by atoms with Crippen molar-refractivity contribution in [1.82, 2.24) is 14.0 Å². The first-order valence-corrected chi connectivity index (χ1v) is 11.2. The first kappa shape index (κ1) is 20.1. The fourth-order valence-corrected chi connectivity index (χ4v) is 4.85. The van der Waals surface area contributed by atoms with Crippen LogP contribution in [0.1, 0.15) is 31.5 Å². The Balaban J connectivity index is 1.99. The largest absolute Gasteiger partial charge is 0.431 e. The van der Waals surface area contributed by atoms with Crippen molar-refractivity contribution in [3.8, 4) is 11.3 Å². The standard InChI is InChI=1S/C18H15BrF3N3O3S/c1-2-29(27,28)14-7-10(19)3-6-12(14)13-9-24-16(23-13)8-15(18(20,21)22)25(17(24)26)11-4-5-11/h3,6-9,11H,2,4-5H2,1H3. The Morgan fingerprint density at radius 2 is 1.93 bits per heavy atom. The summed E-state index contributed by atoms with van der Waals surface area (Å²) in [6.07, 6.45) is -2.41. The number of sulfone groups is 1. The number of fused-ring (bicyclic) bond motifs is 1. The highest BCUT2D eigenvalue weighted by atomic mass is 79.9. The van der Waals surface area contributed by atoms with E-state index in [0.29, 0.717) is 17.3 Å². The molecule has 1 aromatic carbocycles. The van der Waals surface area contributed by atoms with Gasteiger partial charge in [-0.3, -0.25) is 8.97 Å². The molecule has 0 saturated heterocycles. The third-order valence-corrected chi connectivity index (χ3v) is 7.07. The lowest BCUT2D eigenvalue weighted by Gasteiger charge is -2.14. The molecule has 4 rings (SSSR count). The summed E-state index contributed by atoms with van der Waals surface area (Å²) in [5.41, 5.74) is -1.73. The second-order valence-electron chi connectivity index (χ2n) is 6.81. The summed E-state index contributed by atoms with van der Waals surface area (Å²) in [6.45, 7) is 1.49. The first-order valence-electron chi connectivity index (χ1n) is 8.77. The Morgan fingerprint density at radius 1 is 1.24 bits per heavy atom. The third-order valence-electron chi connectivity index (χ3n) is 4.81. The first-order chi connectivity index (χ1) is 13.5. The van der Waals surface area contributed by atoms with Crippen LogP contribution in [0.25, 0.3) is 16.9 Å². The van der Waals surface area contributed by atoms with Crippen molar-refractivity contribution >= 4 is 31.4 Å². The fraction of sp³-hybridized carbons (Fsp3) is 0.333. The van der Waals surface area contributed by atoms with E-state index < -0.39 is 33.4 Å². The Bertz CT molecular complexity index is 1290. The van der Waals surface area contributed by atoms with Gasteiger partial charge in [-0.1, -0.05) is 28.9 Å². The van der Waals surface area contributed by atoms with Crippen molar-refractivity contribution in [3.05, 3.63) is 51.1 Å². The molecule has 2 heterocycles. The minimum atomic E-state index is -4.70. The number of alkyl halides is 3. The molecular weight excluding hydrogens is 475 g/mol. The van der Waals surface area contributed by atoms with E-state index >= 15 is 0 Å². The molecule has 0 aliphatic heterocycles. The van der Waals surface area contributed by atoms with E-state index in [1.807, 2.05) is 0 Å². The lowest BCUT2D eigenvalue weighted by atomic mass is 10.2. The van der Waals surface area contributed by atoms with Crippen LogP contribution in [-0.2, 0) is 16.0 Å². The van der Waals surface area contributed by atoms with Gasteiger partial charge in [-0.2, -0.15) is 13.2 Å². The van der Waals surface area contributed by atoms with Crippen LogP contribution in [-0.4, -0.2) is 28.1 Å². The average molecular weight is 490 g/mol. The van der Waals surface area contributed by atoms with Gasteiger partial charge in [0.15, 0.2) is 9.84 Å². The minimum Gasteiger partial charge on any atom is -0.286 e. The van der Waals surface area contributed by atoms with E-state index in [1.54, 1.807) is 6.07 Å². The zero-order chi connectivity index (χ0) is 21.1. The molecule has 1 aliphatic carbocycles. The molecule has 0 unspecified atom stereocenters.